The third-order valence-electron chi connectivity index (χ3n) is 2.05. The number of nitrogens with one attached hydrogen (secondary N) is 1. The van der Waals surface area contributed by atoms with Crippen molar-refractivity contribution >= 4 is 0 Å². The smallest absolute Gasteiger partial charge is 0.0125 e. The Balaban J connectivity index is 2.06. The van der Waals surface area contributed by atoms with E-state index in [0.29, 0.717) is 5.41 Å². The normalized spacial score (nSPS) is 30.3. The van der Waals surface area contributed by atoms with Crippen molar-refractivity contribution in [3.8, 4) is 0 Å². The van der Waals surface area contributed by atoms with Crippen LogP contribution in [-0.2, 0) is 0 Å². The van der Waals surface area contributed by atoms with Gasteiger partial charge < -0.3 is 11.1 Å². The number of nitrogens with two attached hydrogens (primary N) is 1. The molecular weight excluding hydrogens is 112 g/mol. The van der Waals surface area contributed by atoms with Crippen molar-refractivity contribution in [2.24, 2.45) is 11.1 Å². The topological polar surface area (TPSA) is 38.0 Å². The Morgan fingerprint density at radius 2 is 2.22 bits per heavy atom. The van der Waals surface area contributed by atoms with Gasteiger partial charge in [0.05, 0.1) is 0 Å². The summed E-state index contributed by atoms with van der Waals surface area (Å²) in [4.78, 5) is 0. The number of rotatable bonds is 3. The summed E-state index contributed by atoms with van der Waals surface area (Å²) in [7, 11) is 0. The van der Waals surface area contributed by atoms with Crippen LogP contribution in [0, 0.1) is 5.41 Å². The van der Waals surface area contributed by atoms with Crippen LogP contribution in [0.4, 0.5) is 0 Å². The molecule has 1 atom stereocenters. The lowest BCUT2D eigenvalue weighted by atomic mass is 10.2. The Labute approximate surface area is 56.8 Å². The van der Waals surface area contributed by atoms with E-state index >= 15 is 0 Å². The molecule has 0 spiro atoms. The van der Waals surface area contributed by atoms with Gasteiger partial charge in [0.2, 0.25) is 0 Å². The molecule has 2 heteroatoms. The van der Waals surface area contributed by atoms with E-state index in [4.69, 9.17) is 5.73 Å². The first-order valence-corrected chi connectivity index (χ1v) is 3.60. The molecule has 0 aromatic carbocycles. The van der Waals surface area contributed by atoms with Crippen molar-refractivity contribution < 1.29 is 0 Å². The molecule has 9 heavy (non-hydrogen) atoms. The van der Waals surface area contributed by atoms with Gasteiger partial charge in [0.1, 0.15) is 0 Å². The van der Waals surface area contributed by atoms with E-state index in [0.717, 1.165) is 19.1 Å². The van der Waals surface area contributed by atoms with Crippen LogP contribution in [0.3, 0.4) is 0 Å². The second kappa shape index (κ2) is 2.27. The first-order valence-electron chi connectivity index (χ1n) is 3.60. The number of hydrogen-bond donors (Lipinski definition) is 2. The van der Waals surface area contributed by atoms with E-state index in [9.17, 15) is 0 Å². The van der Waals surface area contributed by atoms with Gasteiger partial charge in [0, 0.05) is 19.1 Å². The third kappa shape index (κ3) is 1.66. The van der Waals surface area contributed by atoms with Crippen molar-refractivity contribution in [3.05, 3.63) is 0 Å². The largest absolute Gasteiger partial charge is 0.329 e. The minimum atomic E-state index is 0.551. The molecule has 1 fully saturated rings. The lowest BCUT2D eigenvalue weighted by Crippen LogP contribution is -2.26. The van der Waals surface area contributed by atoms with Gasteiger partial charge >= 0.3 is 0 Å². The van der Waals surface area contributed by atoms with Gasteiger partial charge in [-0.2, -0.15) is 0 Å². The molecule has 0 aromatic rings. The minimum Gasteiger partial charge on any atom is -0.329 e. The maximum absolute atomic E-state index is 5.33. The zero-order valence-electron chi connectivity index (χ0n) is 6.28. The van der Waals surface area contributed by atoms with Gasteiger partial charge in [-0.25, -0.2) is 0 Å². The Kier molecular flexibility index (Phi) is 1.78. The van der Waals surface area contributed by atoms with Gasteiger partial charge in [-0.15, -0.1) is 0 Å². The molecule has 0 radical (unpaired) electrons. The number of hydrogen-bond acceptors (Lipinski definition) is 2. The monoisotopic (exact) mass is 128 g/mol. The molecule has 3 N–H and O–H groups in total. The zero-order valence-corrected chi connectivity index (χ0v) is 6.28. The predicted molar refractivity (Wildman–Crippen MR) is 39.2 cm³/mol. The molecule has 0 aliphatic heterocycles. The average Bonchev–Trinajstić information content (AvgIpc) is 2.35. The molecule has 1 rings (SSSR count). The quantitative estimate of drug-likeness (QED) is 0.575. The predicted octanol–water partition coefficient (Wildman–Crippen LogP) is 0.333. The van der Waals surface area contributed by atoms with E-state index in [1.807, 2.05) is 0 Å². The van der Waals surface area contributed by atoms with E-state index in [1.165, 1.54) is 6.42 Å². The summed E-state index contributed by atoms with van der Waals surface area (Å²) in [5, 5.41) is 3.37. The second-order valence-electron chi connectivity index (χ2n) is 3.49. The van der Waals surface area contributed by atoms with Crippen molar-refractivity contribution in [1.29, 1.82) is 0 Å². The van der Waals surface area contributed by atoms with E-state index in [2.05, 4.69) is 19.2 Å². The molecule has 54 valence electrons. The van der Waals surface area contributed by atoms with Crippen LogP contribution in [0.2, 0.25) is 0 Å². The van der Waals surface area contributed by atoms with Crippen LogP contribution >= 0.6 is 0 Å². The molecule has 1 aliphatic carbocycles. The Hall–Kier alpha value is -0.0800. The molecule has 2 nitrogen and oxygen atoms in total. The fraction of sp³-hybridized carbons (Fsp3) is 1.00. The standard InChI is InChI=1S/C7H16N2/c1-7(2)5-6(7)9-4-3-8/h6,9H,3-5,8H2,1-2H3. The zero-order chi connectivity index (χ0) is 6.91. The highest BCUT2D eigenvalue weighted by Crippen LogP contribution is 2.44. The fourth-order valence-corrected chi connectivity index (χ4v) is 1.07. The Morgan fingerprint density at radius 3 is 2.56 bits per heavy atom. The summed E-state index contributed by atoms with van der Waals surface area (Å²) in [6, 6.07) is 0.737. The van der Waals surface area contributed by atoms with E-state index < -0.39 is 0 Å². The first kappa shape index (κ1) is 7.03. The van der Waals surface area contributed by atoms with Gasteiger partial charge in [-0.3, -0.25) is 0 Å². The maximum atomic E-state index is 5.33. The summed E-state index contributed by atoms with van der Waals surface area (Å²) in [5.74, 6) is 0. The van der Waals surface area contributed by atoms with Crippen LogP contribution in [0.1, 0.15) is 20.3 Å². The van der Waals surface area contributed by atoms with E-state index in [1.54, 1.807) is 0 Å². The summed E-state index contributed by atoms with van der Waals surface area (Å²) < 4.78 is 0. The van der Waals surface area contributed by atoms with Crippen molar-refractivity contribution in [1.82, 2.24) is 5.32 Å². The van der Waals surface area contributed by atoms with Crippen LogP contribution < -0.4 is 11.1 Å². The summed E-state index contributed by atoms with van der Waals surface area (Å²) in [6.45, 7) is 6.28. The van der Waals surface area contributed by atoms with Crippen molar-refractivity contribution in [3.63, 3.8) is 0 Å². The summed E-state index contributed by atoms with van der Waals surface area (Å²) in [5.41, 5.74) is 5.88. The highest BCUT2D eigenvalue weighted by Gasteiger charge is 2.44. The molecule has 1 saturated carbocycles. The highest BCUT2D eigenvalue weighted by atomic mass is 15.0. The molecule has 0 aromatic heterocycles. The van der Waals surface area contributed by atoms with Crippen LogP contribution in [-0.4, -0.2) is 19.1 Å². The van der Waals surface area contributed by atoms with Gasteiger partial charge in [0.25, 0.3) is 0 Å². The summed E-state index contributed by atoms with van der Waals surface area (Å²) in [6.07, 6.45) is 1.31. The molecule has 0 heterocycles. The second-order valence-corrected chi connectivity index (χ2v) is 3.49. The van der Waals surface area contributed by atoms with Gasteiger partial charge in [-0.1, -0.05) is 13.8 Å². The molecule has 0 amide bonds. The van der Waals surface area contributed by atoms with Crippen LogP contribution in [0.15, 0.2) is 0 Å². The molecule has 0 saturated heterocycles. The molecule has 0 bridgehead atoms. The SMILES string of the molecule is CC1(C)CC1NCCN. The van der Waals surface area contributed by atoms with Crippen LogP contribution in [0.25, 0.3) is 0 Å². The summed E-state index contributed by atoms with van der Waals surface area (Å²) >= 11 is 0. The first-order chi connectivity index (χ1) is 4.17. The Morgan fingerprint density at radius 1 is 1.67 bits per heavy atom. The third-order valence-corrected chi connectivity index (χ3v) is 2.05. The lowest BCUT2D eigenvalue weighted by Gasteiger charge is -2.03. The van der Waals surface area contributed by atoms with E-state index in [-0.39, 0.29) is 0 Å². The van der Waals surface area contributed by atoms with Crippen molar-refractivity contribution in [2.45, 2.75) is 26.3 Å². The van der Waals surface area contributed by atoms with Crippen molar-refractivity contribution in [2.75, 3.05) is 13.1 Å². The van der Waals surface area contributed by atoms with Gasteiger partial charge in [-0.05, 0) is 11.8 Å². The average molecular weight is 128 g/mol. The Bertz CT molecular complexity index is 99.1. The molecule has 1 aliphatic rings. The van der Waals surface area contributed by atoms with Gasteiger partial charge in [0.15, 0.2) is 0 Å². The van der Waals surface area contributed by atoms with Crippen LogP contribution in [0.5, 0.6) is 0 Å². The fourth-order valence-electron chi connectivity index (χ4n) is 1.07. The molecule has 1 unspecified atom stereocenters. The highest BCUT2D eigenvalue weighted by molar-refractivity contribution is 5.01. The molecular formula is C7H16N2. The maximum Gasteiger partial charge on any atom is 0.0125 e. The minimum absolute atomic E-state index is 0.551. The lowest BCUT2D eigenvalue weighted by molar-refractivity contribution is 0.547.